The molecule has 5 heteroatoms. The number of hydrogen-bond donors (Lipinski definition) is 1. The first-order valence-corrected chi connectivity index (χ1v) is 6.02. The van der Waals surface area contributed by atoms with Crippen molar-refractivity contribution in [3.8, 4) is 0 Å². The van der Waals surface area contributed by atoms with Gasteiger partial charge in [-0.3, -0.25) is 4.90 Å². The molecule has 0 amide bonds. The Bertz CT molecular complexity index is 202. The highest BCUT2D eigenvalue weighted by Crippen LogP contribution is 2.10. The van der Waals surface area contributed by atoms with Crippen LogP contribution in [0.3, 0.4) is 0 Å². The summed E-state index contributed by atoms with van der Waals surface area (Å²) in [4.78, 5) is 2.79. The van der Waals surface area contributed by atoms with E-state index < -0.39 is 0 Å². The largest absolute Gasteiger partial charge is 0.392 e. The monoisotopic (exact) mass is 248 g/mol. The number of ether oxygens (including phenoxy) is 2. The Morgan fingerprint density at radius 1 is 1.38 bits per heavy atom. The predicted octanol–water partition coefficient (Wildman–Crippen LogP) is 1.03. The van der Waals surface area contributed by atoms with Gasteiger partial charge in [0, 0.05) is 26.8 Å². The highest BCUT2D eigenvalue weighted by atomic mass is 32.1. The molecule has 0 spiro atoms. The van der Waals surface area contributed by atoms with Gasteiger partial charge in [0.2, 0.25) is 0 Å². The molecule has 2 unspecified atom stereocenters. The van der Waals surface area contributed by atoms with Crippen molar-refractivity contribution >= 4 is 17.2 Å². The molecule has 0 aromatic carbocycles. The third kappa shape index (κ3) is 5.21. The van der Waals surface area contributed by atoms with Crippen molar-refractivity contribution < 1.29 is 9.47 Å². The molecular weight excluding hydrogens is 224 g/mol. The molecule has 2 N–H and O–H groups in total. The lowest BCUT2D eigenvalue weighted by molar-refractivity contribution is 0.0628. The van der Waals surface area contributed by atoms with Crippen molar-refractivity contribution in [1.29, 1.82) is 0 Å². The Hall–Kier alpha value is -0.230. The van der Waals surface area contributed by atoms with Crippen molar-refractivity contribution in [2.45, 2.75) is 32.4 Å². The van der Waals surface area contributed by atoms with E-state index in [0.717, 1.165) is 13.0 Å². The molecule has 4 nitrogen and oxygen atoms in total. The number of nitrogens with zero attached hydrogens (tertiary/aromatic N) is 1. The highest BCUT2D eigenvalue weighted by Gasteiger charge is 2.23. The van der Waals surface area contributed by atoms with E-state index in [2.05, 4.69) is 18.7 Å². The minimum atomic E-state index is 0.121. The van der Waals surface area contributed by atoms with Crippen molar-refractivity contribution in [1.82, 2.24) is 4.90 Å². The summed E-state index contributed by atoms with van der Waals surface area (Å²) in [7, 11) is 3.40. The van der Waals surface area contributed by atoms with Crippen LogP contribution in [0.2, 0.25) is 0 Å². The second-order valence-electron chi connectivity index (χ2n) is 3.86. The molecule has 0 aliphatic carbocycles. The number of nitrogens with two attached hydrogens (primary N) is 1. The zero-order valence-corrected chi connectivity index (χ0v) is 11.5. The molecule has 0 aliphatic rings. The molecule has 0 aromatic heterocycles. The molecule has 0 saturated heterocycles. The summed E-state index contributed by atoms with van der Waals surface area (Å²) in [5.41, 5.74) is 5.76. The molecule has 0 aromatic rings. The van der Waals surface area contributed by atoms with Gasteiger partial charge in [0.1, 0.15) is 0 Å². The van der Waals surface area contributed by atoms with Crippen LogP contribution in [0.4, 0.5) is 0 Å². The van der Waals surface area contributed by atoms with Gasteiger partial charge in [-0.15, -0.1) is 0 Å². The molecule has 0 radical (unpaired) electrons. The molecule has 0 aliphatic heterocycles. The zero-order chi connectivity index (χ0) is 12.6. The SMILES string of the molecule is CCC(C(N)=S)N(CCOC)C(C)COC. The van der Waals surface area contributed by atoms with E-state index in [9.17, 15) is 0 Å². The topological polar surface area (TPSA) is 47.7 Å². The lowest BCUT2D eigenvalue weighted by Crippen LogP contribution is -2.50. The van der Waals surface area contributed by atoms with Gasteiger partial charge < -0.3 is 15.2 Å². The van der Waals surface area contributed by atoms with Crippen molar-refractivity contribution in [3.63, 3.8) is 0 Å². The molecule has 0 fully saturated rings. The average Bonchev–Trinajstić information content (AvgIpc) is 2.23. The Morgan fingerprint density at radius 2 is 2.00 bits per heavy atom. The fourth-order valence-electron chi connectivity index (χ4n) is 1.82. The van der Waals surface area contributed by atoms with Gasteiger partial charge in [0.05, 0.1) is 24.2 Å². The van der Waals surface area contributed by atoms with Crippen LogP contribution in [0.5, 0.6) is 0 Å². The first-order chi connectivity index (χ1) is 7.58. The first-order valence-electron chi connectivity index (χ1n) is 5.61. The van der Waals surface area contributed by atoms with Gasteiger partial charge in [0.15, 0.2) is 0 Å². The van der Waals surface area contributed by atoms with E-state index in [-0.39, 0.29) is 12.1 Å². The maximum atomic E-state index is 5.76. The molecule has 0 rings (SSSR count). The minimum Gasteiger partial charge on any atom is -0.392 e. The molecule has 2 atom stereocenters. The number of hydrogen-bond acceptors (Lipinski definition) is 4. The minimum absolute atomic E-state index is 0.121. The van der Waals surface area contributed by atoms with Crippen LogP contribution in [-0.4, -0.2) is 56.0 Å². The quantitative estimate of drug-likeness (QED) is 0.618. The summed E-state index contributed by atoms with van der Waals surface area (Å²) in [5.74, 6) is 0. The smallest absolute Gasteiger partial charge is 0.0902 e. The maximum Gasteiger partial charge on any atom is 0.0902 e. The van der Waals surface area contributed by atoms with Crippen LogP contribution < -0.4 is 5.73 Å². The Morgan fingerprint density at radius 3 is 2.38 bits per heavy atom. The van der Waals surface area contributed by atoms with Gasteiger partial charge in [-0.1, -0.05) is 19.1 Å². The molecule has 0 bridgehead atoms. The second kappa shape index (κ2) is 8.87. The molecule has 96 valence electrons. The molecular formula is C11H24N2O2S. The lowest BCUT2D eigenvalue weighted by atomic mass is 10.1. The van der Waals surface area contributed by atoms with E-state index >= 15 is 0 Å². The summed E-state index contributed by atoms with van der Waals surface area (Å²) < 4.78 is 10.3. The molecule has 0 heterocycles. The second-order valence-corrected chi connectivity index (χ2v) is 4.33. The maximum absolute atomic E-state index is 5.76. The fourth-order valence-corrected chi connectivity index (χ4v) is 2.12. The van der Waals surface area contributed by atoms with Gasteiger partial charge in [0.25, 0.3) is 0 Å². The van der Waals surface area contributed by atoms with Crippen LogP contribution in [-0.2, 0) is 9.47 Å². The van der Waals surface area contributed by atoms with Crippen LogP contribution in [0.15, 0.2) is 0 Å². The van der Waals surface area contributed by atoms with E-state index in [0.29, 0.717) is 18.2 Å². The van der Waals surface area contributed by atoms with Crippen LogP contribution >= 0.6 is 12.2 Å². The van der Waals surface area contributed by atoms with Gasteiger partial charge in [-0.05, 0) is 13.3 Å². The summed E-state index contributed by atoms with van der Waals surface area (Å²) in [6.45, 7) is 6.36. The summed E-state index contributed by atoms with van der Waals surface area (Å²) in [6, 6.07) is 0.405. The number of thiocarbonyl (C=S) groups is 1. The van der Waals surface area contributed by atoms with E-state index in [4.69, 9.17) is 27.4 Å². The molecule has 16 heavy (non-hydrogen) atoms. The van der Waals surface area contributed by atoms with Gasteiger partial charge in [-0.2, -0.15) is 0 Å². The van der Waals surface area contributed by atoms with Gasteiger partial charge in [-0.25, -0.2) is 0 Å². The van der Waals surface area contributed by atoms with Crippen molar-refractivity contribution in [2.75, 3.05) is 34.0 Å². The third-order valence-electron chi connectivity index (χ3n) is 2.64. The zero-order valence-electron chi connectivity index (χ0n) is 10.7. The Kier molecular flexibility index (Phi) is 8.74. The number of rotatable bonds is 9. The predicted molar refractivity (Wildman–Crippen MR) is 70.8 cm³/mol. The standard InChI is InChI=1S/C11H24N2O2S/c1-5-10(11(12)16)13(6-7-14-3)9(2)8-15-4/h9-10H,5-8H2,1-4H3,(H2,12,16). The van der Waals surface area contributed by atoms with Gasteiger partial charge >= 0.3 is 0 Å². The van der Waals surface area contributed by atoms with E-state index in [1.54, 1.807) is 14.2 Å². The van der Waals surface area contributed by atoms with E-state index in [1.165, 1.54) is 0 Å². The summed E-state index contributed by atoms with van der Waals surface area (Å²) in [5, 5.41) is 0. The summed E-state index contributed by atoms with van der Waals surface area (Å²) >= 11 is 5.10. The number of methoxy groups -OCH3 is 2. The van der Waals surface area contributed by atoms with E-state index in [1.807, 2.05) is 0 Å². The first kappa shape index (κ1) is 15.8. The van der Waals surface area contributed by atoms with Crippen LogP contribution in [0.25, 0.3) is 0 Å². The Balaban J connectivity index is 4.54. The third-order valence-corrected chi connectivity index (χ3v) is 2.92. The lowest BCUT2D eigenvalue weighted by Gasteiger charge is -2.35. The normalized spacial score (nSPS) is 15.1. The highest BCUT2D eigenvalue weighted by molar-refractivity contribution is 7.80. The van der Waals surface area contributed by atoms with Crippen molar-refractivity contribution in [3.05, 3.63) is 0 Å². The summed E-state index contributed by atoms with van der Waals surface area (Å²) in [6.07, 6.45) is 0.910. The van der Waals surface area contributed by atoms with Crippen LogP contribution in [0, 0.1) is 0 Å². The fraction of sp³-hybridized carbons (Fsp3) is 0.909. The Labute approximate surface area is 104 Å². The van der Waals surface area contributed by atoms with Crippen LogP contribution in [0.1, 0.15) is 20.3 Å². The average molecular weight is 248 g/mol. The molecule has 0 saturated carbocycles. The van der Waals surface area contributed by atoms with Crippen molar-refractivity contribution in [2.24, 2.45) is 5.73 Å².